The third kappa shape index (κ3) is 2.21. The summed E-state index contributed by atoms with van der Waals surface area (Å²) in [5, 5.41) is 0. The zero-order valence-electron chi connectivity index (χ0n) is 7.92. The van der Waals surface area contributed by atoms with E-state index in [1.807, 2.05) is 7.05 Å². The van der Waals surface area contributed by atoms with Crippen molar-refractivity contribution in [1.29, 1.82) is 0 Å². The molecule has 1 saturated carbocycles. The lowest BCUT2D eigenvalue weighted by molar-refractivity contribution is -0.131. The van der Waals surface area contributed by atoms with Crippen LogP contribution in [0.5, 0.6) is 0 Å². The molecule has 1 aliphatic rings. The van der Waals surface area contributed by atoms with Gasteiger partial charge in [0.15, 0.2) is 0 Å². The van der Waals surface area contributed by atoms with E-state index in [-0.39, 0.29) is 11.9 Å². The van der Waals surface area contributed by atoms with Gasteiger partial charge in [-0.15, -0.1) is 0 Å². The number of rotatable bonds is 3. The summed E-state index contributed by atoms with van der Waals surface area (Å²) in [5.41, 5.74) is 5.48. The van der Waals surface area contributed by atoms with E-state index in [9.17, 15) is 4.79 Å². The Morgan fingerprint density at radius 1 is 1.67 bits per heavy atom. The zero-order valence-corrected chi connectivity index (χ0v) is 7.92. The summed E-state index contributed by atoms with van der Waals surface area (Å²) >= 11 is 0. The Morgan fingerprint density at radius 2 is 2.25 bits per heavy atom. The van der Waals surface area contributed by atoms with Gasteiger partial charge in [-0.2, -0.15) is 0 Å². The SMILES string of the molecule is CC(N)C(=O)N(C)CC1CCC1. The fourth-order valence-electron chi connectivity index (χ4n) is 1.50. The second-order valence-corrected chi connectivity index (χ2v) is 3.80. The van der Waals surface area contributed by atoms with Crippen molar-refractivity contribution in [2.24, 2.45) is 11.7 Å². The molecule has 0 spiro atoms. The van der Waals surface area contributed by atoms with Crippen molar-refractivity contribution in [1.82, 2.24) is 4.90 Å². The van der Waals surface area contributed by atoms with Crippen LogP contribution in [0.3, 0.4) is 0 Å². The van der Waals surface area contributed by atoms with E-state index in [1.54, 1.807) is 11.8 Å². The van der Waals surface area contributed by atoms with Gasteiger partial charge in [0.1, 0.15) is 0 Å². The van der Waals surface area contributed by atoms with Crippen LogP contribution in [0.4, 0.5) is 0 Å². The highest BCUT2D eigenvalue weighted by Crippen LogP contribution is 2.26. The Kier molecular flexibility index (Phi) is 3.09. The molecule has 1 unspecified atom stereocenters. The summed E-state index contributed by atoms with van der Waals surface area (Å²) in [6, 6.07) is -0.352. The number of carbonyl (C=O) groups excluding carboxylic acids is 1. The van der Waals surface area contributed by atoms with Crippen LogP contribution >= 0.6 is 0 Å². The van der Waals surface area contributed by atoms with Crippen LogP contribution in [-0.2, 0) is 4.79 Å². The summed E-state index contributed by atoms with van der Waals surface area (Å²) in [7, 11) is 1.84. The minimum atomic E-state index is -0.352. The number of amides is 1. The van der Waals surface area contributed by atoms with Crippen molar-refractivity contribution in [3.8, 4) is 0 Å². The number of nitrogens with two attached hydrogens (primary N) is 1. The minimum Gasteiger partial charge on any atom is -0.344 e. The van der Waals surface area contributed by atoms with Crippen molar-refractivity contribution >= 4 is 5.91 Å². The molecule has 1 atom stereocenters. The van der Waals surface area contributed by atoms with Gasteiger partial charge in [-0.3, -0.25) is 4.79 Å². The molecule has 0 heterocycles. The lowest BCUT2D eigenvalue weighted by Crippen LogP contribution is -2.42. The van der Waals surface area contributed by atoms with Gasteiger partial charge in [0, 0.05) is 13.6 Å². The van der Waals surface area contributed by atoms with Gasteiger partial charge in [0.2, 0.25) is 5.91 Å². The molecule has 0 saturated heterocycles. The fraction of sp³-hybridized carbons (Fsp3) is 0.889. The topological polar surface area (TPSA) is 46.3 Å². The molecule has 12 heavy (non-hydrogen) atoms. The summed E-state index contributed by atoms with van der Waals surface area (Å²) in [5.74, 6) is 0.791. The third-order valence-electron chi connectivity index (χ3n) is 2.52. The van der Waals surface area contributed by atoms with Crippen molar-refractivity contribution in [2.45, 2.75) is 32.2 Å². The van der Waals surface area contributed by atoms with E-state index in [4.69, 9.17) is 5.73 Å². The highest BCUT2D eigenvalue weighted by Gasteiger charge is 2.22. The maximum atomic E-state index is 11.3. The second-order valence-electron chi connectivity index (χ2n) is 3.80. The largest absolute Gasteiger partial charge is 0.344 e. The summed E-state index contributed by atoms with van der Waals surface area (Å²) in [6.07, 6.45) is 3.87. The summed E-state index contributed by atoms with van der Waals surface area (Å²) in [4.78, 5) is 13.1. The highest BCUT2D eigenvalue weighted by atomic mass is 16.2. The molecule has 0 radical (unpaired) electrons. The monoisotopic (exact) mass is 170 g/mol. The molecule has 1 amide bonds. The number of hydrogen-bond acceptors (Lipinski definition) is 2. The number of carbonyl (C=O) groups is 1. The van der Waals surface area contributed by atoms with Crippen LogP contribution in [0.25, 0.3) is 0 Å². The zero-order chi connectivity index (χ0) is 9.14. The summed E-state index contributed by atoms with van der Waals surface area (Å²) < 4.78 is 0. The van der Waals surface area contributed by atoms with E-state index in [0.29, 0.717) is 0 Å². The normalized spacial score (nSPS) is 19.9. The molecular weight excluding hydrogens is 152 g/mol. The van der Waals surface area contributed by atoms with Gasteiger partial charge >= 0.3 is 0 Å². The van der Waals surface area contributed by atoms with Crippen molar-refractivity contribution in [3.63, 3.8) is 0 Å². The molecule has 0 aromatic heterocycles. The Morgan fingerprint density at radius 3 is 2.58 bits per heavy atom. The Balaban J connectivity index is 2.26. The van der Waals surface area contributed by atoms with Crippen molar-refractivity contribution in [2.75, 3.05) is 13.6 Å². The first-order chi connectivity index (χ1) is 5.61. The maximum Gasteiger partial charge on any atom is 0.238 e. The Hall–Kier alpha value is -0.570. The molecule has 2 N–H and O–H groups in total. The van der Waals surface area contributed by atoms with E-state index in [2.05, 4.69) is 0 Å². The molecule has 1 fully saturated rings. The molecule has 0 bridgehead atoms. The number of likely N-dealkylation sites (N-methyl/N-ethyl adjacent to an activating group) is 1. The summed E-state index contributed by atoms with van der Waals surface area (Å²) in [6.45, 7) is 2.62. The molecule has 0 aliphatic heterocycles. The molecular formula is C9H18N2O. The first-order valence-corrected chi connectivity index (χ1v) is 4.62. The molecule has 1 rings (SSSR count). The van der Waals surface area contributed by atoms with Gasteiger partial charge in [-0.05, 0) is 25.7 Å². The van der Waals surface area contributed by atoms with Crippen LogP contribution in [0.15, 0.2) is 0 Å². The number of hydrogen-bond donors (Lipinski definition) is 1. The predicted octanol–water partition coefficient (Wildman–Crippen LogP) is 0.592. The van der Waals surface area contributed by atoms with Crippen LogP contribution in [0.2, 0.25) is 0 Å². The van der Waals surface area contributed by atoms with Gasteiger partial charge in [-0.1, -0.05) is 6.42 Å². The first-order valence-electron chi connectivity index (χ1n) is 4.62. The van der Waals surface area contributed by atoms with Crippen LogP contribution in [0.1, 0.15) is 26.2 Å². The van der Waals surface area contributed by atoms with Crippen molar-refractivity contribution < 1.29 is 4.79 Å². The fourth-order valence-corrected chi connectivity index (χ4v) is 1.50. The Labute approximate surface area is 73.9 Å². The molecule has 1 aliphatic carbocycles. The number of nitrogens with zero attached hydrogens (tertiary/aromatic N) is 1. The van der Waals surface area contributed by atoms with Gasteiger partial charge in [0.05, 0.1) is 6.04 Å². The third-order valence-corrected chi connectivity index (χ3v) is 2.52. The average molecular weight is 170 g/mol. The Bertz CT molecular complexity index is 164. The maximum absolute atomic E-state index is 11.3. The highest BCUT2D eigenvalue weighted by molar-refractivity contribution is 5.80. The van der Waals surface area contributed by atoms with E-state index >= 15 is 0 Å². The lowest BCUT2D eigenvalue weighted by atomic mass is 9.85. The van der Waals surface area contributed by atoms with Gasteiger partial charge in [-0.25, -0.2) is 0 Å². The van der Waals surface area contributed by atoms with Gasteiger partial charge < -0.3 is 10.6 Å². The quantitative estimate of drug-likeness (QED) is 0.674. The lowest BCUT2D eigenvalue weighted by Gasteiger charge is -2.30. The standard InChI is InChI=1S/C9H18N2O/c1-7(10)9(12)11(2)6-8-4-3-5-8/h7-8H,3-6,10H2,1-2H3. The average Bonchev–Trinajstić information content (AvgIpc) is 1.94. The molecule has 3 nitrogen and oxygen atoms in total. The second kappa shape index (κ2) is 3.90. The predicted molar refractivity (Wildman–Crippen MR) is 48.6 cm³/mol. The van der Waals surface area contributed by atoms with E-state index < -0.39 is 0 Å². The van der Waals surface area contributed by atoms with E-state index in [0.717, 1.165) is 12.5 Å². The molecule has 70 valence electrons. The van der Waals surface area contributed by atoms with Crippen LogP contribution in [0, 0.1) is 5.92 Å². The molecule has 0 aromatic rings. The van der Waals surface area contributed by atoms with E-state index in [1.165, 1.54) is 19.3 Å². The van der Waals surface area contributed by atoms with Gasteiger partial charge in [0.25, 0.3) is 0 Å². The minimum absolute atomic E-state index is 0.0573. The van der Waals surface area contributed by atoms with Crippen LogP contribution in [-0.4, -0.2) is 30.4 Å². The molecule has 3 heteroatoms. The first kappa shape index (κ1) is 9.52. The van der Waals surface area contributed by atoms with Crippen molar-refractivity contribution in [3.05, 3.63) is 0 Å². The molecule has 0 aromatic carbocycles. The van der Waals surface area contributed by atoms with Crippen LogP contribution < -0.4 is 5.73 Å². The smallest absolute Gasteiger partial charge is 0.238 e.